The molecule has 0 saturated heterocycles. The Morgan fingerprint density at radius 2 is 2.12 bits per heavy atom. The molecule has 0 aromatic heterocycles. The SMILES string of the molecule is C[C@H](CCOCc1ccccc1)[C@@H]1C[C@H]1CO. The summed E-state index contributed by atoms with van der Waals surface area (Å²) in [6.45, 7) is 4.17. The highest BCUT2D eigenvalue weighted by molar-refractivity contribution is 5.13. The third kappa shape index (κ3) is 3.83. The van der Waals surface area contributed by atoms with Crippen LogP contribution in [0.2, 0.25) is 0 Å². The monoisotopic (exact) mass is 234 g/mol. The number of aliphatic hydroxyl groups excluding tert-OH is 1. The van der Waals surface area contributed by atoms with E-state index >= 15 is 0 Å². The van der Waals surface area contributed by atoms with Crippen molar-refractivity contribution < 1.29 is 9.84 Å². The van der Waals surface area contributed by atoms with E-state index in [2.05, 4.69) is 19.1 Å². The van der Waals surface area contributed by atoms with E-state index in [4.69, 9.17) is 9.84 Å². The van der Waals surface area contributed by atoms with Gasteiger partial charge in [-0.05, 0) is 36.2 Å². The molecule has 0 aliphatic heterocycles. The Morgan fingerprint density at radius 3 is 2.76 bits per heavy atom. The van der Waals surface area contributed by atoms with Gasteiger partial charge in [0.15, 0.2) is 0 Å². The second kappa shape index (κ2) is 6.18. The standard InChI is InChI=1S/C15H22O2/c1-12(15-9-14(15)10-16)7-8-17-11-13-5-3-2-4-6-13/h2-6,12,14-16H,7-11H2,1H3/t12-,14+,15+/m1/s1. The summed E-state index contributed by atoms with van der Waals surface area (Å²) in [7, 11) is 0. The lowest BCUT2D eigenvalue weighted by Gasteiger charge is -2.11. The van der Waals surface area contributed by atoms with Gasteiger partial charge in [0.2, 0.25) is 0 Å². The molecule has 1 saturated carbocycles. The van der Waals surface area contributed by atoms with Crippen LogP contribution in [0.1, 0.15) is 25.3 Å². The Hall–Kier alpha value is -0.860. The molecule has 1 aliphatic rings. The lowest BCUT2D eigenvalue weighted by Crippen LogP contribution is -2.06. The van der Waals surface area contributed by atoms with E-state index in [-0.39, 0.29) is 0 Å². The summed E-state index contributed by atoms with van der Waals surface area (Å²) in [6.07, 6.45) is 2.31. The minimum Gasteiger partial charge on any atom is -0.396 e. The number of hydrogen-bond acceptors (Lipinski definition) is 2. The molecule has 0 radical (unpaired) electrons. The largest absolute Gasteiger partial charge is 0.396 e. The summed E-state index contributed by atoms with van der Waals surface area (Å²) >= 11 is 0. The minimum atomic E-state index is 0.361. The first kappa shape index (κ1) is 12.6. The molecule has 2 heteroatoms. The van der Waals surface area contributed by atoms with E-state index in [1.54, 1.807) is 0 Å². The molecule has 1 aliphatic carbocycles. The van der Waals surface area contributed by atoms with Gasteiger partial charge in [-0.25, -0.2) is 0 Å². The van der Waals surface area contributed by atoms with Crippen LogP contribution in [0.25, 0.3) is 0 Å². The normalized spacial score (nSPS) is 24.6. The maximum atomic E-state index is 9.01. The maximum Gasteiger partial charge on any atom is 0.0716 e. The molecule has 2 nitrogen and oxygen atoms in total. The summed E-state index contributed by atoms with van der Waals surface area (Å²) in [5.74, 6) is 1.99. The van der Waals surface area contributed by atoms with Crippen molar-refractivity contribution in [2.24, 2.45) is 17.8 Å². The molecule has 3 atom stereocenters. The highest BCUT2D eigenvalue weighted by Gasteiger charge is 2.39. The molecule has 0 spiro atoms. The van der Waals surface area contributed by atoms with Crippen molar-refractivity contribution in [2.75, 3.05) is 13.2 Å². The van der Waals surface area contributed by atoms with Crippen molar-refractivity contribution in [2.45, 2.75) is 26.4 Å². The summed E-state index contributed by atoms with van der Waals surface area (Å²) in [5.41, 5.74) is 1.24. The first-order valence-electron chi connectivity index (χ1n) is 6.53. The molecule has 0 heterocycles. The molecule has 1 aromatic carbocycles. The van der Waals surface area contributed by atoms with E-state index in [1.165, 1.54) is 12.0 Å². The van der Waals surface area contributed by atoms with Gasteiger partial charge in [0.05, 0.1) is 6.61 Å². The lowest BCUT2D eigenvalue weighted by molar-refractivity contribution is 0.105. The molecule has 2 rings (SSSR count). The highest BCUT2D eigenvalue weighted by Crippen LogP contribution is 2.44. The van der Waals surface area contributed by atoms with Crippen LogP contribution in [0.3, 0.4) is 0 Å². The molecule has 0 unspecified atom stereocenters. The molecule has 0 bridgehead atoms. The smallest absolute Gasteiger partial charge is 0.0716 e. The molecule has 17 heavy (non-hydrogen) atoms. The van der Waals surface area contributed by atoms with Crippen molar-refractivity contribution in [1.82, 2.24) is 0 Å². The summed E-state index contributed by atoms with van der Waals surface area (Å²) in [5, 5.41) is 9.01. The van der Waals surface area contributed by atoms with E-state index in [1.807, 2.05) is 18.2 Å². The molecule has 1 N–H and O–H groups in total. The number of benzene rings is 1. The van der Waals surface area contributed by atoms with Crippen molar-refractivity contribution in [3.63, 3.8) is 0 Å². The predicted octanol–water partition coefficient (Wildman–Crippen LogP) is 2.86. The van der Waals surface area contributed by atoms with Crippen LogP contribution in [-0.2, 0) is 11.3 Å². The fourth-order valence-electron chi connectivity index (χ4n) is 2.43. The zero-order valence-corrected chi connectivity index (χ0v) is 10.5. The lowest BCUT2D eigenvalue weighted by atomic mass is 10.0. The number of aliphatic hydroxyl groups is 1. The molecule has 1 fully saturated rings. The maximum absolute atomic E-state index is 9.01. The second-order valence-corrected chi connectivity index (χ2v) is 5.15. The first-order valence-corrected chi connectivity index (χ1v) is 6.53. The van der Waals surface area contributed by atoms with Gasteiger partial charge in [-0.2, -0.15) is 0 Å². The Morgan fingerprint density at radius 1 is 1.35 bits per heavy atom. The zero-order chi connectivity index (χ0) is 12.1. The van der Waals surface area contributed by atoms with Crippen LogP contribution < -0.4 is 0 Å². The second-order valence-electron chi connectivity index (χ2n) is 5.15. The molecular weight excluding hydrogens is 212 g/mol. The van der Waals surface area contributed by atoms with Crippen LogP contribution in [0.5, 0.6) is 0 Å². The van der Waals surface area contributed by atoms with Crippen LogP contribution in [0.4, 0.5) is 0 Å². The molecule has 0 amide bonds. The fraction of sp³-hybridized carbons (Fsp3) is 0.600. The average molecular weight is 234 g/mol. The van der Waals surface area contributed by atoms with Gasteiger partial charge < -0.3 is 9.84 Å². The van der Waals surface area contributed by atoms with E-state index in [0.29, 0.717) is 25.0 Å². The van der Waals surface area contributed by atoms with Crippen LogP contribution >= 0.6 is 0 Å². The number of rotatable bonds is 7. The molecule has 1 aromatic rings. The average Bonchev–Trinajstić information content (AvgIpc) is 3.15. The summed E-state index contributed by atoms with van der Waals surface area (Å²) in [6, 6.07) is 10.3. The van der Waals surface area contributed by atoms with Gasteiger partial charge in [-0.15, -0.1) is 0 Å². The van der Waals surface area contributed by atoms with Gasteiger partial charge in [-0.1, -0.05) is 37.3 Å². The summed E-state index contributed by atoms with van der Waals surface area (Å²) in [4.78, 5) is 0. The zero-order valence-electron chi connectivity index (χ0n) is 10.5. The Labute approximate surface area is 104 Å². The predicted molar refractivity (Wildman–Crippen MR) is 68.6 cm³/mol. The third-order valence-corrected chi connectivity index (χ3v) is 3.77. The topological polar surface area (TPSA) is 29.5 Å². The molecule has 94 valence electrons. The van der Waals surface area contributed by atoms with Crippen LogP contribution in [0.15, 0.2) is 30.3 Å². The summed E-state index contributed by atoms with van der Waals surface area (Å²) < 4.78 is 5.67. The Bertz CT molecular complexity index is 323. The fourth-order valence-corrected chi connectivity index (χ4v) is 2.43. The van der Waals surface area contributed by atoms with Crippen LogP contribution in [0, 0.1) is 17.8 Å². The van der Waals surface area contributed by atoms with Crippen molar-refractivity contribution in [3.8, 4) is 0 Å². The van der Waals surface area contributed by atoms with Gasteiger partial charge in [-0.3, -0.25) is 0 Å². The minimum absolute atomic E-state index is 0.361. The quantitative estimate of drug-likeness (QED) is 0.735. The van der Waals surface area contributed by atoms with Crippen LogP contribution in [-0.4, -0.2) is 18.3 Å². The van der Waals surface area contributed by atoms with Gasteiger partial charge >= 0.3 is 0 Å². The van der Waals surface area contributed by atoms with E-state index < -0.39 is 0 Å². The molecular formula is C15H22O2. The van der Waals surface area contributed by atoms with Crippen molar-refractivity contribution >= 4 is 0 Å². The number of hydrogen-bond donors (Lipinski definition) is 1. The number of ether oxygens (including phenoxy) is 1. The third-order valence-electron chi connectivity index (χ3n) is 3.77. The van der Waals surface area contributed by atoms with Crippen molar-refractivity contribution in [3.05, 3.63) is 35.9 Å². The van der Waals surface area contributed by atoms with E-state index in [0.717, 1.165) is 18.9 Å². The Kier molecular flexibility index (Phi) is 4.57. The van der Waals surface area contributed by atoms with Crippen molar-refractivity contribution in [1.29, 1.82) is 0 Å². The Balaban J connectivity index is 1.57. The highest BCUT2D eigenvalue weighted by atomic mass is 16.5. The first-order chi connectivity index (χ1) is 8.31. The van der Waals surface area contributed by atoms with Gasteiger partial charge in [0.1, 0.15) is 0 Å². The van der Waals surface area contributed by atoms with Gasteiger partial charge in [0.25, 0.3) is 0 Å². The van der Waals surface area contributed by atoms with Gasteiger partial charge in [0, 0.05) is 13.2 Å². The van der Waals surface area contributed by atoms with E-state index in [9.17, 15) is 0 Å².